The number of aromatic nitrogens is 2. The lowest BCUT2D eigenvalue weighted by atomic mass is 10.0. The van der Waals surface area contributed by atoms with E-state index in [1.54, 1.807) is 20.0 Å². The van der Waals surface area contributed by atoms with Crippen LogP contribution in [-0.2, 0) is 7.05 Å². The predicted molar refractivity (Wildman–Crippen MR) is 59.4 cm³/mol. The van der Waals surface area contributed by atoms with E-state index >= 15 is 0 Å². The minimum atomic E-state index is -0.511. The molecule has 5 heteroatoms. The molecule has 0 unspecified atom stereocenters. The van der Waals surface area contributed by atoms with E-state index in [0.29, 0.717) is 22.5 Å². The molecule has 0 spiro atoms. The summed E-state index contributed by atoms with van der Waals surface area (Å²) in [6, 6.07) is 2.63. The molecule has 0 fully saturated rings. The molecule has 0 amide bonds. The Morgan fingerprint density at radius 3 is 2.62 bits per heavy atom. The average Bonchev–Trinajstić information content (AvgIpc) is 2.54. The average molecular weight is 221 g/mol. The van der Waals surface area contributed by atoms with E-state index in [0.717, 1.165) is 6.07 Å². The first-order chi connectivity index (χ1) is 7.50. The number of phenols is 1. The number of hydrogen-bond donors (Lipinski definition) is 2. The van der Waals surface area contributed by atoms with Crippen LogP contribution in [0.2, 0.25) is 0 Å². The number of anilines is 1. The lowest BCUT2D eigenvalue weighted by molar-refractivity contribution is 0.465. The molecule has 0 aliphatic heterocycles. The quantitative estimate of drug-likeness (QED) is 0.772. The third-order valence-corrected chi connectivity index (χ3v) is 2.56. The number of rotatable bonds is 1. The number of phenolic OH excluding ortho intramolecular Hbond substituents is 1. The normalized spacial score (nSPS) is 10.7. The van der Waals surface area contributed by atoms with Gasteiger partial charge in [0.1, 0.15) is 17.4 Å². The van der Waals surface area contributed by atoms with Crippen LogP contribution in [0.3, 0.4) is 0 Å². The van der Waals surface area contributed by atoms with Crippen molar-refractivity contribution in [2.75, 3.05) is 5.73 Å². The van der Waals surface area contributed by atoms with Crippen molar-refractivity contribution >= 4 is 5.82 Å². The number of hydrogen-bond acceptors (Lipinski definition) is 3. The van der Waals surface area contributed by atoms with Crippen LogP contribution in [0.25, 0.3) is 11.1 Å². The second kappa shape index (κ2) is 3.52. The highest BCUT2D eigenvalue weighted by Gasteiger charge is 2.13. The number of nitrogens with two attached hydrogens (primary N) is 1. The van der Waals surface area contributed by atoms with Crippen LogP contribution in [0.5, 0.6) is 5.75 Å². The molecule has 0 saturated carbocycles. The molecule has 0 radical (unpaired) electrons. The van der Waals surface area contributed by atoms with Gasteiger partial charge in [0.25, 0.3) is 0 Å². The first-order valence-electron chi connectivity index (χ1n) is 4.77. The van der Waals surface area contributed by atoms with Gasteiger partial charge in [0.15, 0.2) is 0 Å². The summed E-state index contributed by atoms with van der Waals surface area (Å²) in [4.78, 5) is 0. The second-order valence-corrected chi connectivity index (χ2v) is 3.69. The SMILES string of the molecule is Cc1cc(-c2cnn(C)c2N)c(F)cc1O. The number of nitrogens with zero attached hydrogens (tertiary/aromatic N) is 2. The first-order valence-corrected chi connectivity index (χ1v) is 4.77. The van der Waals surface area contributed by atoms with Gasteiger partial charge >= 0.3 is 0 Å². The molecule has 1 heterocycles. The Morgan fingerprint density at radius 1 is 1.38 bits per heavy atom. The minimum Gasteiger partial charge on any atom is -0.508 e. The lowest BCUT2D eigenvalue weighted by Crippen LogP contribution is -1.98. The smallest absolute Gasteiger partial charge is 0.134 e. The zero-order valence-electron chi connectivity index (χ0n) is 9.03. The van der Waals surface area contributed by atoms with Crippen LogP contribution in [-0.4, -0.2) is 14.9 Å². The molecule has 2 aromatic rings. The third kappa shape index (κ3) is 1.50. The highest BCUT2D eigenvalue weighted by molar-refractivity contribution is 5.75. The Bertz CT molecular complexity index is 548. The van der Waals surface area contributed by atoms with Crippen LogP contribution < -0.4 is 5.73 Å². The lowest BCUT2D eigenvalue weighted by Gasteiger charge is -2.05. The van der Waals surface area contributed by atoms with Gasteiger partial charge in [-0.25, -0.2) is 4.39 Å². The fourth-order valence-corrected chi connectivity index (χ4v) is 1.53. The predicted octanol–water partition coefficient (Wildman–Crippen LogP) is 1.82. The van der Waals surface area contributed by atoms with Gasteiger partial charge in [-0.05, 0) is 18.6 Å². The fourth-order valence-electron chi connectivity index (χ4n) is 1.53. The van der Waals surface area contributed by atoms with E-state index in [2.05, 4.69) is 5.10 Å². The summed E-state index contributed by atoms with van der Waals surface area (Å²) < 4.78 is 15.1. The Hall–Kier alpha value is -2.04. The number of aromatic hydroxyl groups is 1. The summed E-state index contributed by atoms with van der Waals surface area (Å²) in [7, 11) is 1.68. The largest absolute Gasteiger partial charge is 0.508 e. The zero-order chi connectivity index (χ0) is 11.9. The van der Waals surface area contributed by atoms with E-state index in [9.17, 15) is 9.50 Å². The number of nitrogen functional groups attached to an aromatic ring is 1. The molecule has 0 bridgehead atoms. The van der Waals surface area contributed by atoms with E-state index in [4.69, 9.17) is 5.73 Å². The molecular weight excluding hydrogens is 209 g/mol. The fraction of sp³-hybridized carbons (Fsp3) is 0.182. The molecule has 2 rings (SSSR count). The summed E-state index contributed by atoms with van der Waals surface area (Å²) >= 11 is 0. The van der Waals surface area contributed by atoms with Crippen LogP contribution in [0.1, 0.15) is 5.56 Å². The minimum absolute atomic E-state index is 0.0660. The van der Waals surface area contributed by atoms with Gasteiger partial charge in [-0.3, -0.25) is 4.68 Å². The maximum absolute atomic E-state index is 13.7. The van der Waals surface area contributed by atoms with Crippen LogP contribution in [0, 0.1) is 12.7 Å². The maximum Gasteiger partial charge on any atom is 0.134 e. The summed E-state index contributed by atoms with van der Waals surface area (Å²) in [5, 5.41) is 13.3. The summed E-state index contributed by atoms with van der Waals surface area (Å²) in [5.41, 5.74) is 7.24. The molecule has 4 nitrogen and oxygen atoms in total. The molecule has 1 aromatic heterocycles. The Kier molecular flexibility index (Phi) is 2.30. The van der Waals surface area contributed by atoms with Gasteiger partial charge in [0, 0.05) is 24.2 Å². The Labute approximate surface area is 92.1 Å². The van der Waals surface area contributed by atoms with Gasteiger partial charge in [0.2, 0.25) is 0 Å². The van der Waals surface area contributed by atoms with Crippen LogP contribution in [0.4, 0.5) is 10.2 Å². The van der Waals surface area contributed by atoms with Crippen molar-refractivity contribution in [1.29, 1.82) is 0 Å². The van der Waals surface area contributed by atoms with Crippen molar-refractivity contribution in [1.82, 2.24) is 9.78 Å². The standard InChI is InChI=1S/C11H12FN3O/c1-6-3-7(9(12)4-10(6)16)8-5-14-15(2)11(8)13/h3-5,16H,13H2,1-2H3. The molecule has 0 aliphatic rings. The van der Waals surface area contributed by atoms with Gasteiger partial charge in [-0.15, -0.1) is 0 Å². The number of aryl methyl sites for hydroxylation is 2. The molecule has 3 N–H and O–H groups in total. The Balaban J connectivity index is 2.65. The Morgan fingerprint density at radius 2 is 2.06 bits per heavy atom. The monoisotopic (exact) mass is 221 g/mol. The van der Waals surface area contributed by atoms with Crippen molar-refractivity contribution in [3.8, 4) is 16.9 Å². The summed E-state index contributed by atoms with van der Waals surface area (Å²) in [6.07, 6.45) is 1.50. The summed E-state index contributed by atoms with van der Waals surface area (Å²) in [5.74, 6) is -0.185. The first kappa shape index (κ1) is 10.5. The molecule has 84 valence electrons. The van der Waals surface area contributed by atoms with Crippen molar-refractivity contribution in [2.45, 2.75) is 6.92 Å². The van der Waals surface area contributed by atoms with E-state index < -0.39 is 5.82 Å². The maximum atomic E-state index is 13.7. The third-order valence-electron chi connectivity index (χ3n) is 2.56. The molecular formula is C11H12FN3O. The topological polar surface area (TPSA) is 64.1 Å². The van der Waals surface area contributed by atoms with Gasteiger partial charge in [-0.2, -0.15) is 5.10 Å². The van der Waals surface area contributed by atoms with Crippen LogP contribution >= 0.6 is 0 Å². The zero-order valence-corrected chi connectivity index (χ0v) is 9.03. The van der Waals surface area contributed by atoms with Gasteiger partial charge in [0.05, 0.1) is 6.20 Å². The highest BCUT2D eigenvalue weighted by Crippen LogP contribution is 2.31. The van der Waals surface area contributed by atoms with Gasteiger partial charge in [-0.1, -0.05) is 0 Å². The molecule has 16 heavy (non-hydrogen) atoms. The second-order valence-electron chi connectivity index (χ2n) is 3.69. The highest BCUT2D eigenvalue weighted by atomic mass is 19.1. The van der Waals surface area contributed by atoms with E-state index in [1.165, 1.54) is 10.9 Å². The number of halogens is 1. The van der Waals surface area contributed by atoms with Crippen molar-refractivity contribution in [3.63, 3.8) is 0 Å². The molecule has 0 atom stereocenters. The van der Waals surface area contributed by atoms with Crippen molar-refractivity contribution in [2.24, 2.45) is 7.05 Å². The van der Waals surface area contributed by atoms with Crippen molar-refractivity contribution in [3.05, 3.63) is 29.7 Å². The molecule has 1 aromatic carbocycles. The van der Waals surface area contributed by atoms with Gasteiger partial charge < -0.3 is 10.8 Å². The summed E-state index contributed by atoms with van der Waals surface area (Å²) in [6.45, 7) is 1.70. The van der Waals surface area contributed by atoms with Crippen LogP contribution in [0.15, 0.2) is 18.3 Å². The molecule has 0 aliphatic carbocycles. The number of benzene rings is 1. The van der Waals surface area contributed by atoms with E-state index in [-0.39, 0.29) is 5.75 Å². The van der Waals surface area contributed by atoms with E-state index in [1.807, 2.05) is 0 Å². The molecule has 0 saturated heterocycles. The van der Waals surface area contributed by atoms with Crippen molar-refractivity contribution < 1.29 is 9.50 Å².